The lowest BCUT2D eigenvalue weighted by Crippen LogP contribution is -2.18. The molecule has 4 nitrogen and oxygen atoms in total. The van der Waals surface area contributed by atoms with E-state index in [9.17, 15) is 0 Å². The third-order valence-corrected chi connectivity index (χ3v) is 4.98. The second-order valence-electron chi connectivity index (χ2n) is 5.55. The van der Waals surface area contributed by atoms with Crippen LogP contribution in [-0.2, 0) is 4.74 Å². The van der Waals surface area contributed by atoms with Gasteiger partial charge in [0.2, 0.25) is 6.23 Å². The Bertz CT molecular complexity index is 672. The second kappa shape index (κ2) is 7.34. The van der Waals surface area contributed by atoms with Gasteiger partial charge in [-0.15, -0.1) is 11.3 Å². The van der Waals surface area contributed by atoms with Crippen molar-refractivity contribution in [3.8, 4) is 11.1 Å². The summed E-state index contributed by atoms with van der Waals surface area (Å²) in [4.78, 5) is 1.14. The number of hydrogen-bond donors (Lipinski definition) is 1. The van der Waals surface area contributed by atoms with Crippen LogP contribution in [0.15, 0.2) is 39.9 Å². The van der Waals surface area contributed by atoms with Gasteiger partial charge in [0.1, 0.15) is 5.69 Å². The largest absolute Gasteiger partial charge is 0.345 e. The van der Waals surface area contributed by atoms with Crippen LogP contribution in [0.4, 0.5) is 5.69 Å². The Balaban J connectivity index is 0.000000753. The average molecular weight is 329 g/mol. The third-order valence-electron chi connectivity index (χ3n) is 3.98. The quantitative estimate of drug-likeness (QED) is 0.838. The first-order valence-electron chi connectivity index (χ1n) is 8.27. The Hall–Kier alpha value is -1.56. The minimum absolute atomic E-state index is 0.214. The van der Waals surface area contributed by atoms with Gasteiger partial charge in [0.25, 0.3) is 0 Å². The molecule has 0 saturated carbocycles. The molecule has 4 rings (SSSR count). The molecular formula is C18H23N3OS. The summed E-state index contributed by atoms with van der Waals surface area (Å²) in [5.41, 5.74) is 4.61. The molecule has 0 bridgehead atoms. The molecule has 2 unspecified atom stereocenters. The molecule has 1 N–H and O–H groups in total. The second-order valence-corrected chi connectivity index (χ2v) is 6.46. The van der Waals surface area contributed by atoms with E-state index in [4.69, 9.17) is 4.74 Å². The lowest BCUT2D eigenvalue weighted by molar-refractivity contribution is 0.00442. The highest BCUT2D eigenvalue weighted by Gasteiger charge is 2.29. The minimum Gasteiger partial charge on any atom is -0.345 e. The van der Waals surface area contributed by atoms with Crippen LogP contribution < -0.4 is 5.32 Å². The van der Waals surface area contributed by atoms with Gasteiger partial charge in [-0.25, -0.2) is 0 Å². The fraction of sp³-hybridized carbons (Fsp3) is 0.444. The van der Waals surface area contributed by atoms with Crippen LogP contribution in [0, 0.1) is 6.92 Å². The molecule has 0 radical (unpaired) electrons. The highest BCUT2D eigenvalue weighted by atomic mass is 32.1. The van der Waals surface area contributed by atoms with E-state index in [0.717, 1.165) is 35.6 Å². The predicted molar refractivity (Wildman–Crippen MR) is 95.5 cm³/mol. The van der Waals surface area contributed by atoms with Crippen molar-refractivity contribution in [2.75, 3.05) is 13.1 Å². The van der Waals surface area contributed by atoms with Gasteiger partial charge in [0.15, 0.2) is 0 Å². The van der Waals surface area contributed by atoms with Crippen molar-refractivity contribution < 1.29 is 4.74 Å². The topological polar surface area (TPSA) is 46.0 Å². The molecule has 1 saturated heterocycles. The minimum atomic E-state index is -0.214. The van der Waals surface area contributed by atoms with Crippen LogP contribution >= 0.6 is 11.3 Å². The van der Waals surface area contributed by atoms with E-state index < -0.39 is 0 Å². The molecule has 1 fully saturated rings. The number of aryl methyl sites for hydroxylation is 1. The first kappa shape index (κ1) is 16.3. The molecule has 1 aromatic heterocycles. The number of fused-ring (bicyclic) bond motifs is 1. The zero-order valence-corrected chi connectivity index (χ0v) is 14.7. The van der Waals surface area contributed by atoms with Crippen molar-refractivity contribution in [2.24, 2.45) is 10.2 Å². The molecule has 0 spiro atoms. The smallest absolute Gasteiger partial charge is 0.206 e. The van der Waals surface area contributed by atoms with Crippen molar-refractivity contribution in [3.05, 3.63) is 40.1 Å². The Kier molecular flexibility index (Phi) is 5.20. The number of azo groups is 1. The summed E-state index contributed by atoms with van der Waals surface area (Å²) in [5.74, 6) is 0. The van der Waals surface area contributed by atoms with Gasteiger partial charge < -0.3 is 10.1 Å². The van der Waals surface area contributed by atoms with Crippen LogP contribution in [0.25, 0.3) is 11.1 Å². The molecule has 1 aromatic carbocycles. The first-order valence-corrected chi connectivity index (χ1v) is 9.15. The predicted octanol–water partition coefficient (Wildman–Crippen LogP) is 5.22. The van der Waals surface area contributed by atoms with Crippen LogP contribution in [0.2, 0.25) is 0 Å². The maximum atomic E-state index is 6.05. The molecule has 3 heterocycles. The van der Waals surface area contributed by atoms with Gasteiger partial charge in [0, 0.05) is 17.5 Å². The van der Waals surface area contributed by atoms with Gasteiger partial charge in [-0.05, 0) is 25.5 Å². The van der Waals surface area contributed by atoms with E-state index in [1.54, 1.807) is 11.3 Å². The summed E-state index contributed by atoms with van der Waals surface area (Å²) in [6.07, 6.45) is 1.09. The number of rotatable bonds is 3. The monoisotopic (exact) mass is 329 g/mol. The molecular weight excluding hydrogens is 306 g/mol. The van der Waals surface area contributed by atoms with Gasteiger partial charge in [-0.2, -0.15) is 10.2 Å². The van der Waals surface area contributed by atoms with Crippen molar-refractivity contribution in [3.63, 3.8) is 0 Å². The molecule has 122 valence electrons. The maximum Gasteiger partial charge on any atom is 0.206 e. The standard InChI is InChI=1S/C16H17N3OS.C2H6/c1-10-2-4-11(5-3-10)13-9-21-15-14(13)18-19-16(15)20-12-6-7-17-8-12;1-2/h2-5,9,12,16-17H,6-8H2,1H3;1-2H3. The Morgan fingerprint density at radius 1 is 1.22 bits per heavy atom. The fourth-order valence-electron chi connectivity index (χ4n) is 2.76. The summed E-state index contributed by atoms with van der Waals surface area (Å²) in [6, 6.07) is 8.54. The average Bonchev–Trinajstić information content (AvgIpc) is 3.30. The molecule has 2 aromatic rings. The summed E-state index contributed by atoms with van der Waals surface area (Å²) >= 11 is 1.70. The first-order chi connectivity index (χ1) is 11.3. The van der Waals surface area contributed by atoms with Crippen LogP contribution in [0.5, 0.6) is 0 Å². The number of thiophene rings is 1. The zero-order chi connectivity index (χ0) is 16.2. The molecule has 23 heavy (non-hydrogen) atoms. The van der Waals surface area contributed by atoms with Gasteiger partial charge in [-0.1, -0.05) is 43.7 Å². The zero-order valence-electron chi connectivity index (χ0n) is 13.9. The van der Waals surface area contributed by atoms with E-state index in [1.165, 1.54) is 11.1 Å². The van der Waals surface area contributed by atoms with Gasteiger partial charge >= 0.3 is 0 Å². The maximum absolute atomic E-state index is 6.05. The molecule has 0 amide bonds. The Morgan fingerprint density at radius 2 is 2.00 bits per heavy atom. The van der Waals surface area contributed by atoms with E-state index in [-0.39, 0.29) is 12.3 Å². The number of benzene rings is 1. The normalized spacial score (nSPS) is 21.9. The number of hydrogen-bond acceptors (Lipinski definition) is 5. The van der Waals surface area contributed by atoms with Crippen molar-refractivity contribution >= 4 is 17.0 Å². The van der Waals surface area contributed by atoms with Crippen molar-refractivity contribution in [2.45, 2.75) is 39.5 Å². The SMILES string of the molecule is CC.Cc1ccc(-c2csc3c2N=NC3OC2CCNC2)cc1. The van der Waals surface area contributed by atoms with E-state index in [0.29, 0.717) is 0 Å². The van der Waals surface area contributed by atoms with Crippen LogP contribution in [0.1, 0.15) is 36.9 Å². The number of nitrogens with one attached hydrogen (secondary N) is 1. The number of nitrogens with zero attached hydrogens (tertiary/aromatic N) is 2. The lowest BCUT2D eigenvalue weighted by Gasteiger charge is -2.13. The highest BCUT2D eigenvalue weighted by Crippen LogP contribution is 2.48. The van der Waals surface area contributed by atoms with Gasteiger partial charge in [-0.3, -0.25) is 0 Å². The van der Waals surface area contributed by atoms with Crippen molar-refractivity contribution in [1.82, 2.24) is 5.32 Å². The lowest BCUT2D eigenvalue weighted by atomic mass is 10.1. The fourth-order valence-corrected chi connectivity index (χ4v) is 3.74. The van der Waals surface area contributed by atoms with E-state index in [2.05, 4.69) is 52.1 Å². The van der Waals surface area contributed by atoms with Crippen LogP contribution in [0.3, 0.4) is 0 Å². The molecule has 5 heteroatoms. The summed E-state index contributed by atoms with van der Waals surface area (Å²) in [6.45, 7) is 8.04. The summed E-state index contributed by atoms with van der Waals surface area (Å²) in [5, 5.41) is 14.2. The molecule has 2 aliphatic rings. The molecule has 2 atom stereocenters. The summed E-state index contributed by atoms with van der Waals surface area (Å²) in [7, 11) is 0. The third kappa shape index (κ3) is 3.37. The highest BCUT2D eigenvalue weighted by molar-refractivity contribution is 7.11. The number of ether oxygens (including phenoxy) is 1. The van der Waals surface area contributed by atoms with E-state index >= 15 is 0 Å². The molecule has 2 aliphatic heterocycles. The Labute approximate surface area is 141 Å². The van der Waals surface area contributed by atoms with E-state index in [1.807, 2.05) is 13.8 Å². The Morgan fingerprint density at radius 3 is 2.70 bits per heavy atom. The summed E-state index contributed by atoms with van der Waals surface area (Å²) < 4.78 is 6.05. The van der Waals surface area contributed by atoms with Gasteiger partial charge in [0.05, 0.1) is 11.0 Å². The molecule has 0 aliphatic carbocycles. The van der Waals surface area contributed by atoms with Crippen molar-refractivity contribution in [1.29, 1.82) is 0 Å². The van der Waals surface area contributed by atoms with Crippen LogP contribution in [-0.4, -0.2) is 19.2 Å².